The average Bonchev–Trinajstić information content (AvgIpc) is 2.67. The lowest BCUT2D eigenvalue weighted by Gasteiger charge is -2.37. The molecule has 0 heterocycles. The van der Waals surface area contributed by atoms with Crippen LogP contribution in [0, 0.1) is 11.8 Å². The molecule has 0 spiro atoms. The first-order valence-corrected chi connectivity index (χ1v) is 13.4. The Balaban J connectivity index is 2.14. The number of rotatable bonds is 6. The summed E-state index contributed by atoms with van der Waals surface area (Å²) in [5.41, 5.74) is -5.46. The van der Waals surface area contributed by atoms with Gasteiger partial charge in [-0.1, -0.05) is 15.9 Å². The zero-order valence-corrected chi connectivity index (χ0v) is 22.6. The SMILES string of the molecule is O=C(Oc1c(Br)cc(Br)cc1Br)C1CCC(C(=O)OC(CS(=O)(=O)O)(C(F)(F)F)C(F)(F)F)CC1. The van der Waals surface area contributed by atoms with Crippen LogP contribution in [0.25, 0.3) is 0 Å². The predicted molar refractivity (Wildman–Crippen MR) is 118 cm³/mol. The van der Waals surface area contributed by atoms with Gasteiger partial charge in [0.15, 0.2) is 5.75 Å². The summed E-state index contributed by atoms with van der Waals surface area (Å²) < 4.78 is 121. The lowest BCUT2D eigenvalue weighted by atomic mass is 9.82. The number of carbonyl (C=O) groups excluding carboxylic acids is 2. The molecule has 0 unspecified atom stereocenters. The highest BCUT2D eigenvalue weighted by molar-refractivity contribution is 9.11. The van der Waals surface area contributed by atoms with E-state index in [1.165, 1.54) is 0 Å². The number of hydrogen-bond donors (Lipinski definition) is 1. The summed E-state index contributed by atoms with van der Waals surface area (Å²) in [6, 6.07) is 3.20. The zero-order chi connectivity index (χ0) is 27.0. The molecule has 1 N–H and O–H groups in total. The van der Waals surface area contributed by atoms with E-state index in [9.17, 15) is 44.3 Å². The van der Waals surface area contributed by atoms with Crippen LogP contribution in [-0.4, -0.2) is 48.6 Å². The molecule has 0 atom stereocenters. The third kappa shape index (κ3) is 7.32. The first-order chi connectivity index (χ1) is 15.8. The first kappa shape index (κ1) is 30.3. The van der Waals surface area contributed by atoms with Crippen molar-refractivity contribution in [1.82, 2.24) is 0 Å². The molecule has 1 saturated carbocycles. The molecule has 1 aliphatic carbocycles. The standard InChI is InChI=1S/C18H15Br3F6O7S/c19-10-5-11(20)13(12(21)6-10)33-14(28)8-1-3-9(4-2-8)15(29)34-16(17(22,23)24,18(25,26)27)7-35(30,31)32/h5-6,8-9H,1-4,7H2,(H,30,31,32). The van der Waals surface area contributed by atoms with E-state index in [1.807, 2.05) is 0 Å². The van der Waals surface area contributed by atoms with E-state index in [2.05, 4.69) is 52.5 Å². The maximum atomic E-state index is 13.3. The van der Waals surface area contributed by atoms with Crippen LogP contribution in [0.4, 0.5) is 26.3 Å². The van der Waals surface area contributed by atoms with Crippen molar-refractivity contribution in [2.45, 2.75) is 43.6 Å². The number of benzene rings is 1. The summed E-state index contributed by atoms with van der Waals surface area (Å²) in [6.45, 7) is 0. The van der Waals surface area contributed by atoms with E-state index in [1.54, 1.807) is 12.1 Å². The van der Waals surface area contributed by atoms with E-state index in [4.69, 9.17) is 9.29 Å². The Morgan fingerprint density at radius 1 is 0.886 bits per heavy atom. The van der Waals surface area contributed by atoms with E-state index >= 15 is 0 Å². The summed E-state index contributed by atoms with van der Waals surface area (Å²) in [5, 5.41) is 0. The third-order valence-corrected chi connectivity index (χ3v) is 7.54. The molecule has 0 saturated heterocycles. The summed E-state index contributed by atoms with van der Waals surface area (Å²) in [7, 11) is -5.87. The van der Waals surface area contributed by atoms with Crippen molar-refractivity contribution in [3.05, 3.63) is 25.6 Å². The Kier molecular flexibility index (Phi) is 9.38. The largest absolute Gasteiger partial charge is 0.438 e. The van der Waals surface area contributed by atoms with Gasteiger partial charge in [-0.25, -0.2) is 0 Å². The molecule has 1 fully saturated rings. The molecule has 1 aromatic rings. The smallest absolute Gasteiger partial charge is 0.438 e. The van der Waals surface area contributed by atoms with Gasteiger partial charge in [-0.15, -0.1) is 0 Å². The molecule has 17 heteroatoms. The molecule has 7 nitrogen and oxygen atoms in total. The maximum Gasteiger partial charge on any atom is 0.438 e. The van der Waals surface area contributed by atoms with Crippen molar-refractivity contribution >= 4 is 69.8 Å². The Morgan fingerprint density at radius 2 is 1.29 bits per heavy atom. The number of alkyl halides is 6. The topological polar surface area (TPSA) is 107 Å². The maximum absolute atomic E-state index is 13.3. The number of ether oxygens (including phenoxy) is 2. The fourth-order valence-electron chi connectivity index (χ4n) is 3.36. The Bertz CT molecular complexity index is 1050. The average molecular weight is 729 g/mol. The van der Waals surface area contributed by atoms with Gasteiger partial charge in [-0.2, -0.15) is 34.8 Å². The Hall–Kier alpha value is -0.910. The summed E-state index contributed by atoms with van der Waals surface area (Å²) in [6.07, 6.45) is -13.7. The lowest BCUT2D eigenvalue weighted by molar-refractivity contribution is -0.362. The van der Waals surface area contributed by atoms with Crippen molar-refractivity contribution in [2.24, 2.45) is 11.8 Å². The second kappa shape index (κ2) is 10.8. The molecule has 0 amide bonds. The van der Waals surface area contributed by atoms with Crippen molar-refractivity contribution in [1.29, 1.82) is 0 Å². The molecule has 0 bridgehead atoms. The number of hydrogen-bond acceptors (Lipinski definition) is 6. The zero-order valence-electron chi connectivity index (χ0n) is 17.1. The molecule has 35 heavy (non-hydrogen) atoms. The molecular weight excluding hydrogens is 714 g/mol. The lowest BCUT2D eigenvalue weighted by Crippen LogP contribution is -2.63. The van der Waals surface area contributed by atoms with Gasteiger partial charge < -0.3 is 9.47 Å². The minimum Gasteiger partial charge on any atom is -0.438 e. The van der Waals surface area contributed by atoms with Gasteiger partial charge in [0.25, 0.3) is 10.1 Å². The molecular formula is C18H15Br3F6O7S. The van der Waals surface area contributed by atoms with Crippen molar-refractivity contribution in [3.63, 3.8) is 0 Å². The van der Waals surface area contributed by atoms with Gasteiger partial charge in [-0.3, -0.25) is 14.1 Å². The highest BCUT2D eigenvalue weighted by atomic mass is 79.9. The van der Waals surface area contributed by atoms with Crippen LogP contribution in [0.5, 0.6) is 5.75 Å². The van der Waals surface area contributed by atoms with Crippen LogP contribution in [0.2, 0.25) is 0 Å². The minimum absolute atomic E-state index is 0.117. The molecule has 1 aromatic carbocycles. The van der Waals surface area contributed by atoms with Crippen LogP contribution in [0.3, 0.4) is 0 Å². The van der Waals surface area contributed by atoms with E-state index in [0.29, 0.717) is 13.4 Å². The van der Waals surface area contributed by atoms with E-state index in [0.717, 1.165) is 0 Å². The first-order valence-electron chi connectivity index (χ1n) is 9.45. The van der Waals surface area contributed by atoms with Gasteiger partial charge in [0.05, 0.1) is 20.8 Å². The summed E-state index contributed by atoms with van der Waals surface area (Å²) in [4.78, 5) is 24.7. The van der Waals surface area contributed by atoms with Gasteiger partial charge in [0.1, 0.15) is 5.75 Å². The second-order valence-corrected chi connectivity index (χ2v) is 11.7. The molecule has 0 aliphatic heterocycles. The quantitative estimate of drug-likeness (QED) is 0.166. The fraction of sp³-hybridized carbons (Fsp3) is 0.556. The minimum atomic E-state index is -6.40. The predicted octanol–water partition coefficient (Wildman–Crippen LogP) is 5.98. The molecule has 198 valence electrons. The van der Waals surface area contributed by atoms with Crippen molar-refractivity contribution in [2.75, 3.05) is 5.75 Å². The van der Waals surface area contributed by atoms with Crippen LogP contribution >= 0.6 is 47.8 Å². The molecule has 1 aliphatic rings. The van der Waals surface area contributed by atoms with Gasteiger partial charge in [0, 0.05) is 4.47 Å². The highest BCUT2D eigenvalue weighted by Crippen LogP contribution is 2.48. The van der Waals surface area contributed by atoms with Crippen molar-refractivity contribution < 1.29 is 58.4 Å². The monoisotopic (exact) mass is 726 g/mol. The Morgan fingerprint density at radius 3 is 1.66 bits per heavy atom. The molecule has 0 aromatic heterocycles. The van der Waals surface area contributed by atoms with Crippen LogP contribution in [0.15, 0.2) is 25.6 Å². The van der Waals surface area contributed by atoms with Gasteiger partial charge in [-0.05, 0) is 69.7 Å². The summed E-state index contributed by atoms with van der Waals surface area (Å²) in [5.74, 6) is -7.77. The molecule has 0 radical (unpaired) electrons. The van der Waals surface area contributed by atoms with Crippen LogP contribution in [0.1, 0.15) is 25.7 Å². The van der Waals surface area contributed by atoms with Crippen LogP contribution < -0.4 is 4.74 Å². The van der Waals surface area contributed by atoms with Gasteiger partial charge >= 0.3 is 29.9 Å². The highest BCUT2D eigenvalue weighted by Gasteiger charge is 2.76. The number of halogens is 9. The van der Waals surface area contributed by atoms with E-state index in [-0.39, 0.29) is 31.4 Å². The summed E-state index contributed by atoms with van der Waals surface area (Å²) >= 11 is 9.67. The van der Waals surface area contributed by atoms with Gasteiger partial charge in [0.2, 0.25) is 0 Å². The number of carbonyl (C=O) groups is 2. The van der Waals surface area contributed by atoms with Crippen molar-refractivity contribution in [3.8, 4) is 5.75 Å². The van der Waals surface area contributed by atoms with Crippen LogP contribution in [-0.2, 0) is 24.4 Å². The fourth-order valence-corrected chi connectivity index (χ4v) is 6.68. The normalized spacial score (nSPS) is 19.8. The van der Waals surface area contributed by atoms with E-state index < -0.39 is 57.6 Å². The second-order valence-electron chi connectivity index (χ2n) is 7.64. The Labute approximate surface area is 220 Å². The third-order valence-electron chi connectivity index (χ3n) is 5.14. The number of esters is 2. The molecule has 2 rings (SSSR count).